The molecule has 0 atom stereocenters. The van der Waals surface area contributed by atoms with Gasteiger partial charge in [-0.05, 0) is 12.1 Å². The molecule has 0 aliphatic rings. The van der Waals surface area contributed by atoms with Gasteiger partial charge >= 0.3 is 0 Å². The van der Waals surface area contributed by atoms with Gasteiger partial charge in [0, 0.05) is 18.0 Å². The summed E-state index contributed by atoms with van der Waals surface area (Å²) in [6, 6.07) is 4.93. The molecule has 0 bridgehead atoms. The first kappa shape index (κ1) is 11.0. The van der Waals surface area contributed by atoms with Crippen molar-refractivity contribution < 1.29 is 9.53 Å². The maximum Gasteiger partial charge on any atom is 0.272 e. The van der Waals surface area contributed by atoms with Gasteiger partial charge in [0.1, 0.15) is 5.69 Å². The first-order chi connectivity index (χ1) is 8.19. The van der Waals surface area contributed by atoms with Gasteiger partial charge in [-0.3, -0.25) is 4.79 Å². The van der Waals surface area contributed by atoms with Crippen LogP contribution in [0.1, 0.15) is 10.5 Å². The van der Waals surface area contributed by atoms with E-state index < -0.39 is 0 Å². The molecule has 2 aromatic heterocycles. The normalized spacial score (nSPS) is 9.94. The molecule has 6 heteroatoms. The average molecular weight is 232 g/mol. The van der Waals surface area contributed by atoms with Crippen LogP contribution in [0, 0.1) is 0 Å². The highest BCUT2D eigenvalue weighted by molar-refractivity contribution is 6.03. The van der Waals surface area contributed by atoms with E-state index in [2.05, 4.69) is 15.3 Å². The van der Waals surface area contributed by atoms with Gasteiger partial charge in [0.15, 0.2) is 0 Å². The predicted octanol–water partition coefficient (Wildman–Crippen LogP) is 1.25. The van der Waals surface area contributed by atoms with Crippen LogP contribution in [0.2, 0.25) is 0 Å². The fraction of sp³-hybridized carbons (Fsp3) is 0.0909. The molecule has 0 saturated heterocycles. The Balaban J connectivity index is 2.07. The van der Waals surface area contributed by atoms with E-state index in [1.807, 2.05) is 0 Å². The Morgan fingerprint density at radius 3 is 2.88 bits per heavy atom. The van der Waals surface area contributed by atoms with Crippen molar-refractivity contribution in [1.82, 2.24) is 9.97 Å². The van der Waals surface area contributed by atoms with Crippen LogP contribution < -0.4 is 15.8 Å². The van der Waals surface area contributed by atoms with Gasteiger partial charge in [-0.25, -0.2) is 4.98 Å². The van der Waals surface area contributed by atoms with Crippen molar-refractivity contribution in [2.45, 2.75) is 0 Å². The number of aromatic nitrogens is 2. The van der Waals surface area contributed by atoms with Crippen molar-refractivity contribution in [3.63, 3.8) is 0 Å². The minimum atomic E-state index is -0.270. The van der Waals surface area contributed by atoms with Crippen LogP contribution in [0.5, 0.6) is 5.88 Å². The maximum atomic E-state index is 11.7. The van der Waals surface area contributed by atoms with E-state index in [-0.39, 0.29) is 5.91 Å². The summed E-state index contributed by atoms with van der Waals surface area (Å²) in [5, 5.41) is 2.68. The molecule has 1 amide bonds. The number of carbonyl (C=O) groups excluding carboxylic acids is 1. The third-order valence-corrected chi connectivity index (χ3v) is 2.15. The second kappa shape index (κ2) is 4.56. The van der Waals surface area contributed by atoms with Crippen molar-refractivity contribution in [2.75, 3.05) is 18.2 Å². The molecule has 2 aromatic rings. The monoisotopic (exact) mass is 232 g/mol. The number of nitrogen functional groups attached to an aromatic ring is 1. The Morgan fingerprint density at radius 1 is 1.53 bits per heavy atom. The number of amides is 1. The van der Waals surface area contributed by atoms with Crippen LogP contribution in [0.15, 0.2) is 30.6 Å². The van der Waals surface area contributed by atoms with E-state index in [4.69, 9.17) is 10.5 Å². The number of aromatic amines is 1. The van der Waals surface area contributed by atoms with Crippen LogP contribution in [-0.2, 0) is 0 Å². The van der Waals surface area contributed by atoms with E-state index in [1.165, 1.54) is 13.3 Å². The molecule has 4 N–H and O–H groups in total. The molecule has 0 fully saturated rings. The molecule has 0 radical (unpaired) electrons. The number of ether oxygens (including phenoxy) is 1. The first-order valence-corrected chi connectivity index (χ1v) is 4.94. The minimum absolute atomic E-state index is 0.270. The van der Waals surface area contributed by atoms with Gasteiger partial charge in [-0.2, -0.15) is 0 Å². The van der Waals surface area contributed by atoms with Gasteiger partial charge in [-0.1, -0.05) is 0 Å². The number of carbonyl (C=O) groups is 1. The van der Waals surface area contributed by atoms with Crippen molar-refractivity contribution in [3.05, 3.63) is 36.3 Å². The lowest BCUT2D eigenvalue weighted by Gasteiger charge is -2.04. The summed E-state index contributed by atoms with van der Waals surface area (Å²) >= 11 is 0. The number of anilines is 2. The highest BCUT2D eigenvalue weighted by Crippen LogP contribution is 2.12. The van der Waals surface area contributed by atoms with E-state index in [9.17, 15) is 4.79 Å². The second-order valence-corrected chi connectivity index (χ2v) is 3.39. The molecule has 0 unspecified atom stereocenters. The lowest BCUT2D eigenvalue weighted by Crippen LogP contribution is -2.12. The lowest BCUT2D eigenvalue weighted by molar-refractivity contribution is 0.102. The first-order valence-electron chi connectivity index (χ1n) is 4.94. The standard InChI is InChI=1S/C11H12N4O2/c1-17-10-3-2-8(6-14-10)15-11(16)9-4-7(12)5-13-9/h2-6,13H,12H2,1H3,(H,15,16). The van der Waals surface area contributed by atoms with Gasteiger partial charge in [-0.15, -0.1) is 0 Å². The van der Waals surface area contributed by atoms with Crippen LogP contribution in [0.4, 0.5) is 11.4 Å². The fourth-order valence-corrected chi connectivity index (χ4v) is 1.32. The molecular formula is C11H12N4O2. The lowest BCUT2D eigenvalue weighted by atomic mass is 10.3. The zero-order chi connectivity index (χ0) is 12.3. The molecule has 0 aromatic carbocycles. The maximum absolute atomic E-state index is 11.7. The number of nitrogens with one attached hydrogen (secondary N) is 2. The zero-order valence-electron chi connectivity index (χ0n) is 9.23. The van der Waals surface area contributed by atoms with Crippen molar-refractivity contribution >= 4 is 17.3 Å². The van der Waals surface area contributed by atoms with E-state index >= 15 is 0 Å². The summed E-state index contributed by atoms with van der Waals surface area (Å²) in [6.45, 7) is 0. The molecule has 2 heterocycles. The average Bonchev–Trinajstić information content (AvgIpc) is 2.77. The Bertz CT molecular complexity index is 519. The zero-order valence-corrected chi connectivity index (χ0v) is 9.23. The molecule has 2 rings (SSSR count). The highest BCUT2D eigenvalue weighted by atomic mass is 16.5. The molecule has 0 aliphatic carbocycles. The topological polar surface area (TPSA) is 93.0 Å². The van der Waals surface area contributed by atoms with Crippen molar-refractivity contribution in [1.29, 1.82) is 0 Å². The third-order valence-electron chi connectivity index (χ3n) is 2.15. The summed E-state index contributed by atoms with van der Waals surface area (Å²) in [6.07, 6.45) is 3.07. The minimum Gasteiger partial charge on any atom is -0.481 e. The Morgan fingerprint density at radius 2 is 2.35 bits per heavy atom. The summed E-state index contributed by atoms with van der Waals surface area (Å²) in [4.78, 5) is 18.5. The largest absolute Gasteiger partial charge is 0.481 e. The van der Waals surface area contributed by atoms with E-state index in [1.54, 1.807) is 24.4 Å². The smallest absolute Gasteiger partial charge is 0.272 e. The van der Waals surface area contributed by atoms with Gasteiger partial charge < -0.3 is 20.8 Å². The summed E-state index contributed by atoms with van der Waals surface area (Å²) in [7, 11) is 1.53. The Hall–Kier alpha value is -2.50. The van der Waals surface area contributed by atoms with E-state index in [0.717, 1.165) is 0 Å². The van der Waals surface area contributed by atoms with Gasteiger partial charge in [0.2, 0.25) is 5.88 Å². The van der Waals surface area contributed by atoms with E-state index in [0.29, 0.717) is 22.9 Å². The van der Waals surface area contributed by atoms with Gasteiger partial charge in [0.05, 0.1) is 19.0 Å². The number of nitrogens with zero attached hydrogens (tertiary/aromatic N) is 1. The quantitative estimate of drug-likeness (QED) is 0.742. The third kappa shape index (κ3) is 2.54. The number of hydrogen-bond donors (Lipinski definition) is 3. The van der Waals surface area contributed by atoms with Crippen molar-refractivity contribution in [3.8, 4) is 5.88 Å². The number of nitrogens with two attached hydrogens (primary N) is 1. The SMILES string of the molecule is COc1ccc(NC(=O)c2cc(N)c[nH]2)cn1. The Kier molecular flexibility index (Phi) is 2.95. The van der Waals surface area contributed by atoms with Crippen LogP contribution >= 0.6 is 0 Å². The molecule has 0 saturated carbocycles. The summed E-state index contributed by atoms with van der Waals surface area (Å²) in [5.41, 5.74) is 7.01. The molecule has 6 nitrogen and oxygen atoms in total. The second-order valence-electron chi connectivity index (χ2n) is 3.39. The van der Waals surface area contributed by atoms with Gasteiger partial charge in [0.25, 0.3) is 5.91 Å². The molecule has 0 spiro atoms. The van der Waals surface area contributed by atoms with Crippen molar-refractivity contribution in [2.24, 2.45) is 0 Å². The number of methoxy groups -OCH3 is 1. The summed E-state index contributed by atoms with van der Waals surface area (Å²) in [5.74, 6) is 0.223. The predicted molar refractivity (Wildman–Crippen MR) is 63.9 cm³/mol. The molecule has 0 aliphatic heterocycles. The number of rotatable bonds is 3. The van der Waals surface area contributed by atoms with Crippen LogP contribution in [0.25, 0.3) is 0 Å². The van der Waals surface area contributed by atoms with Crippen LogP contribution in [0.3, 0.4) is 0 Å². The summed E-state index contributed by atoms with van der Waals surface area (Å²) < 4.78 is 4.92. The number of H-pyrrole nitrogens is 1. The highest BCUT2D eigenvalue weighted by Gasteiger charge is 2.08. The molecular weight excluding hydrogens is 220 g/mol. The number of hydrogen-bond acceptors (Lipinski definition) is 4. The number of pyridine rings is 1. The fourth-order valence-electron chi connectivity index (χ4n) is 1.32. The Labute approximate surface area is 97.8 Å². The molecule has 88 valence electrons. The van der Waals surface area contributed by atoms with Crippen LogP contribution in [-0.4, -0.2) is 23.0 Å². The molecule has 17 heavy (non-hydrogen) atoms.